The molecule has 0 amide bonds. The SMILES string of the molecule is CCC(NC1=NS(=O)N=C1Nc1cccc(S(=O)(=O)[NH+](C)C)c1O)c1cc(C(C)C)co1. The maximum atomic E-state index is 12.5. The van der Waals surface area contributed by atoms with E-state index in [-0.39, 0.29) is 32.6 Å². The number of amidine groups is 2. The molecule has 1 aromatic carbocycles. The van der Waals surface area contributed by atoms with E-state index >= 15 is 0 Å². The Morgan fingerprint density at radius 2 is 1.91 bits per heavy atom. The second-order valence-electron chi connectivity index (χ2n) is 7.84. The lowest BCUT2D eigenvalue weighted by Gasteiger charge is -2.18. The molecule has 32 heavy (non-hydrogen) atoms. The predicted octanol–water partition coefficient (Wildman–Crippen LogP) is 1.48. The Labute approximate surface area is 190 Å². The predicted molar refractivity (Wildman–Crippen MR) is 124 cm³/mol. The summed E-state index contributed by atoms with van der Waals surface area (Å²) in [6.45, 7) is 6.11. The quantitative estimate of drug-likeness (QED) is 0.439. The lowest BCUT2D eigenvalue weighted by atomic mass is 10.1. The van der Waals surface area contributed by atoms with Crippen LogP contribution in [0.25, 0.3) is 0 Å². The monoisotopic (exact) mass is 482 g/mol. The summed E-state index contributed by atoms with van der Waals surface area (Å²) in [6, 6.07) is 6.04. The van der Waals surface area contributed by atoms with Crippen LogP contribution in [0.4, 0.5) is 5.69 Å². The smallest absolute Gasteiger partial charge is 0.329 e. The van der Waals surface area contributed by atoms with Crippen molar-refractivity contribution in [3.63, 3.8) is 0 Å². The molecule has 0 fully saturated rings. The molecule has 1 aliphatic heterocycles. The van der Waals surface area contributed by atoms with E-state index in [4.69, 9.17) is 4.42 Å². The van der Waals surface area contributed by atoms with Crippen molar-refractivity contribution in [1.82, 2.24) is 5.32 Å². The van der Waals surface area contributed by atoms with Crippen LogP contribution in [-0.4, -0.2) is 43.5 Å². The molecule has 0 saturated carbocycles. The highest BCUT2D eigenvalue weighted by atomic mass is 32.2. The first kappa shape index (κ1) is 24.0. The number of phenols is 1. The van der Waals surface area contributed by atoms with Gasteiger partial charge in [0.05, 0.1) is 32.1 Å². The summed E-state index contributed by atoms with van der Waals surface area (Å²) < 4.78 is 50.9. The van der Waals surface area contributed by atoms with Crippen molar-refractivity contribution < 1.29 is 26.5 Å². The van der Waals surface area contributed by atoms with Crippen LogP contribution in [0.15, 0.2) is 48.6 Å². The van der Waals surface area contributed by atoms with E-state index in [0.717, 1.165) is 5.56 Å². The Morgan fingerprint density at radius 3 is 2.50 bits per heavy atom. The molecule has 3 rings (SSSR count). The third kappa shape index (κ3) is 4.87. The molecule has 1 aromatic heterocycles. The minimum Gasteiger partial charge on any atom is -0.504 e. The fourth-order valence-corrected chi connectivity index (χ4v) is 4.71. The Bertz CT molecular complexity index is 1180. The van der Waals surface area contributed by atoms with Gasteiger partial charge in [-0.2, -0.15) is 8.42 Å². The lowest BCUT2D eigenvalue weighted by Crippen LogP contribution is -3.07. The van der Waals surface area contributed by atoms with Crippen molar-refractivity contribution >= 4 is 38.6 Å². The van der Waals surface area contributed by atoms with Crippen LogP contribution in [0.2, 0.25) is 0 Å². The number of nitrogens with one attached hydrogen (secondary N) is 3. The number of quaternary nitrogens is 1. The summed E-state index contributed by atoms with van der Waals surface area (Å²) >= 11 is -1.85. The molecule has 1 aliphatic rings. The van der Waals surface area contributed by atoms with Gasteiger partial charge in [0.1, 0.15) is 5.76 Å². The van der Waals surface area contributed by atoms with Crippen molar-refractivity contribution in [3.8, 4) is 5.75 Å². The molecule has 4 N–H and O–H groups in total. The highest BCUT2D eigenvalue weighted by molar-refractivity contribution is 7.85. The molecule has 0 saturated heterocycles. The zero-order chi connectivity index (χ0) is 23.6. The summed E-state index contributed by atoms with van der Waals surface area (Å²) in [5.74, 6) is 0.924. The number of nitrogens with zero attached hydrogens (tertiary/aromatic N) is 2. The number of hydrogen-bond acceptors (Lipinski definition) is 7. The second kappa shape index (κ2) is 9.43. The molecule has 2 aromatic rings. The first-order valence-electron chi connectivity index (χ1n) is 10.1. The van der Waals surface area contributed by atoms with Gasteiger partial charge < -0.3 is 20.2 Å². The van der Waals surface area contributed by atoms with Gasteiger partial charge in [0.15, 0.2) is 22.3 Å². The number of sulfonamides is 1. The first-order chi connectivity index (χ1) is 15.0. The van der Waals surface area contributed by atoms with Crippen LogP contribution >= 0.6 is 0 Å². The van der Waals surface area contributed by atoms with Gasteiger partial charge in [0.25, 0.3) is 11.2 Å². The van der Waals surface area contributed by atoms with Crippen LogP contribution < -0.4 is 14.9 Å². The fourth-order valence-electron chi connectivity index (χ4n) is 3.02. The van der Waals surface area contributed by atoms with Gasteiger partial charge in [-0.3, -0.25) is 0 Å². The van der Waals surface area contributed by atoms with Crippen molar-refractivity contribution in [1.29, 1.82) is 0 Å². The zero-order valence-corrected chi connectivity index (χ0v) is 20.2. The Kier molecular flexibility index (Phi) is 7.06. The van der Waals surface area contributed by atoms with Crippen molar-refractivity contribution in [2.75, 3.05) is 19.4 Å². The Hall–Kier alpha value is -2.70. The fraction of sp³-hybridized carbons (Fsp3) is 0.400. The van der Waals surface area contributed by atoms with Gasteiger partial charge in [-0.15, -0.1) is 8.80 Å². The van der Waals surface area contributed by atoms with Gasteiger partial charge in [-0.05, 0) is 36.1 Å². The zero-order valence-electron chi connectivity index (χ0n) is 18.5. The number of furan rings is 1. The van der Waals surface area contributed by atoms with E-state index in [1.165, 1.54) is 32.3 Å². The molecular weight excluding hydrogens is 454 g/mol. The van der Waals surface area contributed by atoms with E-state index in [1.54, 1.807) is 6.26 Å². The van der Waals surface area contributed by atoms with E-state index < -0.39 is 26.9 Å². The Morgan fingerprint density at radius 1 is 1.22 bits per heavy atom. The number of anilines is 1. The third-order valence-electron chi connectivity index (χ3n) is 5.01. The second-order valence-corrected chi connectivity index (χ2v) is 10.9. The number of aromatic hydroxyl groups is 1. The number of para-hydroxylation sites is 1. The summed E-state index contributed by atoms with van der Waals surface area (Å²) in [4.78, 5) is -0.225. The van der Waals surface area contributed by atoms with E-state index in [9.17, 15) is 17.7 Å². The summed E-state index contributed by atoms with van der Waals surface area (Å²) in [7, 11) is -0.871. The molecule has 10 nitrogen and oxygen atoms in total. The number of benzene rings is 1. The van der Waals surface area contributed by atoms with Crippen LogP contribution in [0, 0.1) is 0 Å². The summed E-state index contributed by atoms with van der Waals surface area (Å²) in [5, 5.41) is 16.6. The van der Waals surface area contributed by atoms with E-state index in [1.807, 2.05) is 13.0 Å². The van der Waals surface area contributed by atoms with Gasteiger partial charge in [-0.25, -0.2) is 8.51 Å². The summed E-state index contributed by atoms with van der Waals surface area (Å²) in [6.07, 6.45) is 2.37. The van der Waals surface area contributed by atoms with Gasteiger partial charge >= 0.3 is 10.0 Å². The minimum atomic E-state index is -3.78. The van der Waals surface area contributed by atoms with Gasteiger partial charge in [-0.1, -0.05) is 26.8 Å². The summed E-state index contributed by atoms with van der Waals surface area (Å²) in [5.41, 5.74) is 1.17. The van der Waals surface area contributed by atoms with Crippen molar-refractivity contribution in [2.24, 2.45) is 8.80 Å². The highest BCUT2D eigenvalue weighted by Gasteiger charge is 2.29. The maximum absolute atomic E-state index is 12.5. The largest absolute Gasteiger partial charge is 0.504 e. The normalized spacial score (nSPS) is 17.4. The third-order valence-corrected chi connectivity index (χ3v) is 7.67. The topological polar surface area (TPSA) is 138 Å². The molecule has 2 unspecified atom stereocenters. The van der Waals surface area contributed by atoms with Crippen LogP contribution in [0.1, 0.15) is 50.5 Å². The van der Waals surface area contributed by atoms with Gasteiger partial charge in [0, 0.05) is 0 Å². The van der Waals surface area contributed by atoms with Crippen molar-refractivity contribution in [3.05, 3.63) is 41.9 Å². The molecule has 2 heterocycles. The minimum absolute atomic E-state index is 0.104. The lowest BCUT2D eigenvalue weighted by molar-refractivity contribution is -0.717. The number of rotatable bonds is 7. The molecule has 0 bridgehead atoms. The number of phenolic OH excluding ortho intramolecular Hbond substituents is 1. The highest BCUT2D eigenvalue weighted by Crippen LogP contribution is 2.31. The van der Waals surface area contributed by atoms with E-state index in [0.29, 0.717) is 18.1 Å². The average Bonchev–Trinajstić information content (AvgIpc) is 3.34. The average molecular weight is 483 g/mol. The van der Waals surface area contributed by atoms with Crippen LogP contribution in [-0.2, 0) is 21.2 Å². The van der Waals surface area contributed by atoms with Crippen LogP contribution in [0.3, 0.4) is 0 Å². The molecule has 0 spiro atoms. The molecule has 12 heteroatoms. The molecule has 0 radical (unpaired) electrons. The standard InChI is InChI=1S/C20H27N5O5S2/c1-6-14(16-10-13(11-30-16)12(2)3)21-19-20(24-31(27)23-19)22-15-8-7-9-17(18(15)26)32(28,29)25(4)5/h7-12,14,26H,6H2,1-5H3,(H,21,23)(H,22,24)/p+1. The molecular formula is C20H28N5O5S2+. The number of hydrogen-bond donors (Lipinski definition) is 4. The molecule has 174 valence electrons. The van der Waals surface area contributed by atoms with Crippen molar-refractivity contribution in [2.45, 2.75) is 44.0 Å². The molecule has 2 atom stereocenters. The molecule has 0 aliphatic carbocycles. The Balaban J connectivity index is 1.85. The van der Waals surface area contributed by atoms with Crippen LogP contribution in [0.5, 0.6) is 5.75 Å². The maximum Gasteiger partial charge on any atom is 0.329 e. The first-order valence-corrected chi connectivity index (χ1v) is 12.7. The van der Waals surface area contributed by atoms with E-state index in [2.05, 4.69) is 33.3 Å². The van der Waals surface area contributed by atoms with Gasteiger partial charge in [0.2, 0.25) is 0 Å².